The molecular formula is C17H24O4. The Hall–Kier alpha value is -1.23. The number of ether oxygens (including phenoxy) is 3. The molecule has 1 saturated heterocycles. The predicted molar refractivity (Wildman–Crippen MR) is 79.8 cm³/mol. The standard InChI is InChI=1S/C17H24O4/c1-17(2)20-15(8-10-18)12-16(21-17)9-11-19-13-14-6-4-3-5-7-14/h3-7,10,15-16H,8-9,11-13H2,1-2H3/t15-,16-/m1/s1. The second-order valence-electron chi connectivity index (χ2n) is 5.84. The molecule has 0 aromatic heterocycles. The summed E-state index contributed by atoms with van der Waals surface area (Å²) in [6.07, 6.45) is 2.93. The summed E-state index contributed by atoms with van der Waals surface area (Å²) in [5, 5.41) is 0. The number of rotatable bonds is 7. The van der Waals surface area contributed by atoms with Crippen LogP contribution in [0, 0.1) is 0 Å². The van der Waals surface area contributed by atoms with Crippen molar-refractivity contribution < 1.29 is 19.0 Å². The highest BCUT2D eigenvalue weighted by Crippen LogP contribution is 2.29. The van der Waals surface area contributed by atoms with E-state index in [-0.39, 0.29) is 12.2 Å². The van der Waals surface area contributed by atoms with Gasteiger partial charge in [0.2, 0.25) is 0 Å². The van der Waals surface area contributed by atoms with Gasteiger partial charge in [0, 0.05) is 19.4 Å². The lowest BCUT2D eigenvalue weighted by Gasteiger charge is -2.40. The highest BCUT2D eigenvalue weighted by molar-refractivity contribution is 5.50. The van der Waals surface area contributed by atoms with E-state index in [9.17, 15) is 4.79 Å². The molecule has 0 bridgehead atoms. The molecule has 1 heterocycles. The zero-order valence-electron chi connectivity index (χ0n) is 12.8. The van der Waals surface area contributed by atoms with Crippen molar-refractivity contribution in [3.8, 4) is 0 Å². The number of aldehydes is 1. The highest BCUT2D eigenvalue weighted by atomic mass is 16.7. The first kappa shape index (κ1) is 16.1. The van der Waals surface area contributed by atoms with Crippen molar-refractivity contribution in [3.63, 3.8) is 0 Å². The molecule has 1 aromatic rings. The average molecular weight is 292 g/mol. The fraction of sp³-hybridized carbons (Fsp3) is 0.588. The molecule has 2 rings (SSSR count). The van der Waals surface area contributed by atoms with Gasteiger partial charge in [-0.15, -0.1) is 0 Å². The van der Waals surface area contributed by atoms with Gasteiger partial charge in [0.25, 0.3) is 0 Å². The van der Waals surface area contributed by atoms with Crippen LogP contribution in [0.15, 0.2) is 30.3 Å². The summed E-state index contributed by atoms with van der Waals surface area (Å²) < 4.78 is 17.3. The zero-order chi connectivity index (χ0) is 15.1. The molecule has 0 saturated carbocycles. The van der Waals surface area contributed by atoms with E-state index in [1.807, 2.05) is 44.2 Å². The van der Waals surface area contributed by atoms with Crippen LogP contribution in [0.2, 0.25) is 0 Å². The summed E-state index contributed by atoms with van der Waals surface area (Å²) in [4.78, 5) is 10.7. The van der Waals surface area contributed by atoms with Crippen molar-refractivity contribution in [1.29, 1.82) is 0 Å². The van der Waals surface area contributed by atoms with Crippen LogP contribution in [-0.2, 0) is 25.6 Å². The maximum Gasteiger partial charge on any atom is 0.163 e. The quantitative estimate of drug-likeness (QED) is 0.572. The Morgan fingerprint density at radius 3 is 2.67 bits per heavy atom. The Morgan fingerprint density at radius 2 is 1.95 bits per heavy atom. The van der Waals surface area contributed by atoms with Gasteiger partial charge in [-0.25, -0.2) is 0 Å². The summed E-state index contributed by atoms with van der Waals surface area (Å²) >= 11 is 0. The fourth-order valence-electron chi connectivity index (χ4n) is 2.63. The molecule has 1 aromatic carbocycles. The van der Waals surface area contributed by atoms with Gasteiger partial charge in [-0.3, -0.25) is 0 Å². The molecule has 21 heavy (non-hydrogen) atoms. The minimum Gasteiger partial charge on any atom is -0.377 e. The second-order valence-corrected chi connectivity index (χ2v) is 5.84. The number of carbonyl (C=O) groups excluding carboxylic acids is 1. The SMILES string of the molecule is CC1(C)O[C@H](CC=O)C[C@@H](CCOCc2ccccc2)O1. The molecule has 0 amide bonds. The van der Waals surface area contributed by atoms with Crippen molar-refractivity contribution in [1.82, 2.24) is 0 Å². The van der Waals surface area contributed by atoms with Crippen molar-refractivity contribution in [2.24, 2.45) is 0 Å². The monoisotopic (exact) mass is 292 g/mol. The van der Waals surface area contributed by atoms with Crippen LogP contribution in [-0.4, -0.2) is 30.9 Å². The Labute approximate surface area is 126 Å². The molecule has 4 heteroatoms. The lowest BCUT2D eigenvalue weighted by Crippen LogP contribution is -2.45. The molecule has 0 aliphatic carbocycles. The number of carbonyl (C=O) groups is 1. The van der Waals surface area contributed by atoms with Gasteiger partial charge in [0.1, 0.15) is 6.29 Å². The van der Waals surface area contributed by atoms with Crippen LogP contribution in [0.4, 0.5) is 0 Å². The summed E-state index contributed by atoms with van der Waals surface area (Å²) in [5.41, 5.74) is 1.17. The van der Waals surface area contributed by atoms with E-state index in [0.717, 1.165) is 19.1 Å². The second kappa shape index (κ2) is 7.69. The van der Waals surface area contributed by atoms with Crippen LogP contribution >= 0.6 is 0 Å². The molecule has 0 N–H and O–H groups in total. The summed E-state index contributed by atoms with van der Waals surface area (Å²) in [6, 6.07) is 10.1. The molecule has 1 aliphatic rings. The van der Waals surface area contributed by atoms with E-state index in [0.29, 0.717) is 19.6 Å². The van der Waals surface area contributed by atoms with Gasteiger partial charge in [-0.1, -0.05) is 30.3 Å². The first-order valence-electron chi connectivity index (χ1n) is 7.50. The van der Waals surface area contributed by atoms with Crippen LogP contribution in [0.1, 0.15) is 38.7 Å². The first-order chi connectivity index (χ1) is 10.1. The number of hydrogen-bond acceptors (Lipinski definition) is 4. The lowest BCUT2D eigenvalue weighted by molar-refractivity contribution is -0.300. The van der Waals surface area contributed by atoms with Gasteiger partial charge in [0.15, 0.2) is 5.79 Å². The van der Waals surface area contributed by atoms with Crippen LogP contribution < -0.4 is 0 Å². The minimum atomic E-state index is -0.629. The smallest absolute Gasteiger partial charge is 0.163 e. The highest BCUT2D eigenvalue weighted by Gasteiger charge is 2.34. The third-order valence-corrected chi connectivity index (χ3v) is 3.48. The average Bonchev–Trinajstić information content (AvgIpc) is 2.43. The summed E-state index contributed by atoms with van der Waals surface area (Å²) in [7, 11) is 0. The van der Waals surface area contributed by atoms with Crippen LogP contribution in [0.5, 0.6) is 0 Å². The molecule has 1 fully saturated rings. The van der Waals surface area contributed by atoms with Gasteiger partial charge in [-0.05, 0) is 25.8 Å². The van der Waals surface area contributed by atoms with Crippen molar-refractivity contribution in [2.75, 3.05) is 6.61 Å². The van der Waals surface area contributed by atoms with E-state index in [2.05, 4.69) is 0 Å². The summed E-state index contributed by atoms with van der Waals surface area (Å²) in [6.45, 7) is 5.04. The Morgan fingerprint density at radius 1 is 1.24 bits per heavy atom. The molecule has 0 spiro atoms. The van der Waals surface area contributed by atoms with Gasteiger partial charge in [-0.2, -0.15) is 0 Å². The van der Waals surface area contributed by atoms with Crippen molar-refractivity contribution >= 4 is 6.29 Å². The molecule has 4 nitrogen and oxygen atoms in total. The molecule has 0 unspecified atom stereocenters. The largest absolute Gasteiger partial charge is 0.377 e. The zero-order valence-corrected chi connectivity index (χ0v) is 12.8. The topological polar surface area (TPSA) is 44.8 Å². The van der Waals surface area contributed by atoms with E-state index in [1.165, 1.54) is 5.56 Å². The Bertz CT molecular complexity index is 430. The Balaban J connectivity index is 1.73. The van der Waals surface area contributed by atoms with Crippen LogP contribution in [0.25, 0.3) is 0 Å². The third kappa shape index (κ3) is 5.58. The van der Waals surface area contributed by atoms with E-state index in [1.54, 1.807) is 0 Å². The van der Waals surface area contributed by atoms with Gasteiger partial charge < -0.3 is 19.0 Å². The number of benzene rings is 1. The molecule has 0 radical (unpaired) electrons. The van der Waals surface area contributed by atoms with Gasteiger partial charge in [0.05, 0.1) is 18.8 Å². The normalized spacial score (nSPS) is 24.7. The predicted octanol–water partition coefficient (Wildman–Crippen LogP) is 3.09. The minimum absolute atomic E-state index is 0.0506. The third-order valence-electron chi connectivity index (χ3n) is 3.48. The molecular weight excluding hydrogens is 268 g/mol. The maximum absolute atomic E-state index is 10.7. The van der Waals surface area contributed by atoms with E-state index >= 15 is 0 Å². The molecule has 1 aliphatic heterocycles. The molecule has 116 valence electrons. The summed E-state index contributed by atoms with van der Waals surface area (Å²) in [5.74, 6) is -0.629. The van der Waals surface area contributed by atoms with Gasteiger partial charge >= 0.3 is 0 Å². The van der Waals surface area contributed by atoms with E-state index in [4.69, 9.17) is 14.2 Å². The van der Waals surface area contributed by atoms with E-state index < -0.39 is 5.79 Å². The maximum atomic E-state index is 10.7. The molecule has 2 atom stereocenters. The fourth-order valence-corrected chi connectivity index (χ4v) is 2.63. The lowest BCUT2D eigenvalue weighted by atomic mass is 10.0. The number of hydrogen-bond donors (Lipinski definition) is 0. The first-order valence-corrected chi connectivity index (χ1v) is 7.50. The van der Waals surface area contributed by atoms with Crippen LogP contribution in [0.3, 0.4) is 0 Å². The Kier molecular flexibility index (Phi) is 5.91. The van der Waals surface area contributed by atoms with Crippen molar-refractivity contribution in [3.05, 3.63) is 35.9 Å². The van der Waals surface area contributed by atoms with Crippen molar-refractivity contribution in [2.45, 2.75) is 57.7 Å².